The largest absolute Gasteiger partial charge is 0.321 e. The van der Waals surface area contributed by atoms with E-state index >= 15 is 0 Å². The highest BCUT2D eigenvalue weighted by molar-refractivity contribution is 5.99. The smallest absolute Gasteiger partial charge is 0.248 e. The second-order valence-corrected chi connectivity index (χ2v) is 3.89. The van der Waals surface area contributed by atoms with Crippen molar-refractivity contribution in [2.75, 3.05) is 5.32 Å². The van der Waals surface area contributed by atoms with Crippen LogP contribution in [0.25, 0.3) is 0 Å². The van der Waals surface area contributed by atoms with Gasteiger partial charge in [0.25, 0.3) is 0 Å². The lowest BCUT2D eigenvalue weighted by Gasteiger charge is -2.01. The van der Waals surface area contributed by atoms with Gasteiger partial charge in [-0.25, -0.2) is 0 Å². The molecule has 1 amide bonds. The van der Waals surface area contributed by atoms with Gasteiger partial charge in [0.2, 0.25) is 5.91 Å². The summed E-state index contributed by atoms with van der Waals surface area (Å²) in [6, 6.07) is 3.62. The summed E-state index contributed by atoms with van der Waals surface area (Å²) in [6.45, 7) is 2.01. The first-order valence-corrected chi connectivity index (χ1v) is 5.15. The van der Waals surface area contributed by atoms with Crippen molar-refractivity contribution < 1.29 is 4.79 Å². The molecule has 1 heterocycles. The molecule has 0 bridgehead atoms. The van der Waals surface area contributed by atoms with Crippen LogP contribution in [0.3, 0.4) is 0 Å². The SMILES string of the molecule is C/C(=C\C(=O)Nc1cccnc1)C1CC1. The third-order valence-electron chi connectivity index (χ3n) is 2.51. The molecule has 0 spiro atoms. The maximum Gasteiger partial charge on any atom is 0.248 e. The predicted molar refractivity (Wildman–Crippen MR) is 59.3 cm³/mol. The normalized spacial score (nSPS) is 16.2. The Hall–Kier alpha value is -1.64. The number of anilines is 1. The van der Waals surface area contributed by atoms with Gasteiger partial charge in [-0.05, 0) is 37.8 Å². The number of hydrogen-bond donors (Lipinski definition) is 1. The van der Waals surface area contributed by atoms with E-state index in [1.165, 1.54) is 18.4 Å². The fourth-order valence-electron chi connectivity index (χ4n) is 1.48. The zero-order chi connectivity index (χ0) is 10.7. The van der Waals surface area contributed by atoms with Crippen molar-refractivity contribution >= 4 is 11.6 Å². The first kappa shape index (κ1) is 9.90. The minimum Gasteiger partial charge on any atom is -0.321 e. The topological polar surface area (TPSA) is 42.0 Å². The second kappa shape index (κ2) is 4.26. The van der Waals surface area contributed by atoms with Crippen molar-refractivity contribution in [2.24, 2.45) is 5.92 Å². The van der Waals surface area contributed by atoms with Crippen LogP contribution in [-0.4, -0.2) is 10.9 Å². The molecule has 3 nitrogen and oxygen atoms in total. The Morgan fingerprint density at radius 3 is 3.00 bits per heavy atom. The molecule has 1 aromatic rings. The molecule has 0 aromatic carbocycles. The molecule has 0 atom stereocenters. The van der Waals surface area contributed by atoms with Gasteiger partial charge in [-0.2, -0.15) is 0 Å². The second-order valence-electron chi connectivity index (χ2n) is 3.89. The van der Waals surface area contributed by atoms with Crippen molar-refractivity contribution in [3.8, 4) is 0 Å². The average molecular weight is 202 g/mol. The molecule has 0 radical (unpaired) electrons. The van der Waals surface area contributed by atoms with E-state index in [2.05, 4.69) is 10.3 Å². The van der Waals surface area contributed by atoms with Crippen LogP contribution in [0.15, 0.2) is 36.2 Å². The lowest BCUT2D eigenvalue weighted by molar-refractivity contribution is -0.112. The monoisotopic (exact) mass is 202 g/mol. The van der Waals surface area contributed by atoms with E-state index in [-0.39, 0.29) is 5.91 Å². The predicted octanol–water partition coefficient (Wildman–Crippen LogP) is 2.38. The number of allylic oxidation sites excluding steroid dienone is 1. The molecule has 0 aliphatic heterocycles. The molecule has 2 rings (SSSR count). The fraction of sp³-hybridized carbons (Fsp3) is 0.333. The van der Waals surface area contributed by atoms with Gasteiger partial charge in [0.1, 0.15) is 0 Å². The third kappa shape index (κ3) is 2.91. The summed E-state index contributed by atoms with van der Waals surface area (Å²) in [5.41, 5.74) is 1.92. The van der Waals surface area contributed by atoms with Crippen LogP contribution < -0.4 is 5.32 Å². The number of aromatic nitrogens is 1. The third-order valence-corrected chi connectivity index (χ3v) is 2.51. The summed E-state index contributed by atoms with van der Waals surface area (Å²) in [4.78, 5) is 15.5. The van der Waals surface area contributed by atoms with Gasteiger partial charge in [-0.3, -0.25) is 9.78 Å². The number of carbonyl (C=O) groups excluding carboxylic acids is 1. The van der Waals surface area contributed by atoms with Crippen LogP contribution in [0, 0.1) is 5.92 Å². The van der Waals surface area contributed by atoms with Gasteiger partial charge in [0.05, 0.1) is 11.9 Å². The number of hydrogen-bond acceptors (Lipinski definition) is 2. The van der Waals surface area contributed by atoms with E-state index in [0.29, 0.717) is 5.92 Å². The van der Waals surface area contributed by atoms with E-state index in [4.69, 9.17) is 0 Å². The molecule has 1 N–H and O–H groups in total. The Morgan fingerprint density at radius 2 is 2.40 bits per heavy atom. The first-order chi connectivity index (χ1) is 7.25. The van der Waals surface area contributed by atoms with E-state index in [1.807, 2.05) is 13.0 Å². The fourth-order valence-corrected chi connectivity index (χ4v) is 1.48. The summed E-state index contributed by atoms with van der Waals surface area (Å²) in [5, 5.41) is 2.78. The maximum atomic E-state index is 11.5. The van der Waals surface area contributed by atoms with Gasteiger partial charge in [-0.1, -0.05) is 5.57 Å². The number of nitrogens with zero attached hydrogens (tertiary/aromatic N) is 1. The molecule has 0 unspecified atom stereocenters. The first-order valence-electron chi connectivity index (χ1n) is 5.15. The molecular formula is C12H14N2O. The Labute approximate surface area is 89.2 Å². The van der Waals surface area contributed by atoms with Crippen LogP contribution in [0.4, 0.5) is 5.69 Å². The van der Waals surface area contributed by atoms with E-state index in [9.17, 15) is 4.79 Å². The Bertz CT molecular complexity index is 380. The highest BCUT2D eigenvalue weighted by Gasteiger charge is 2.23. The minimum atomic E-state index is -0.0626. The Morgan fingerprint density at radius 1 is 1.60 bits per heavy atom. The summed E-state index contributed by atoms with van der Waals surface area (Å²) < 4.78 is 0. The highest BCUT2D eigenvalue weighted by Crippen LogP contribution is 2.35. The summed E-state index contributed by atoms with van der Waals surface area (Å²) in [7, 11) is 0. The number of amides is 1. The van der Waals surface area contributed by atoms with E-state index in [1.54, 1.807) is 24.5 Å². The lowest BCUT2D eigenvalue weighted by atomic mass is 10.2. The van der Waals surface area contributed by atoms with Gasteiger partial charge < -0.3 is 5.32 Å². The number of rotatable bonds is 3. The Balaban J connectivity index is 1.95. The molecule has 1 aromatic heterocycles. The van der Waals surface area contributed by atoms with Crippen LogP contribution in [0.5, 0.6) is 0 Å². The molecule has 1 aliphatic carbocycles. The average Bonchev–Trinajstić information content (AvgIpc) is 3.01. The van der Waals surface area contributed by atoms with Gasteiger partial charge in [0, 0.05) is 12.3 Å². The van der Waals surface area contributed by atoms with Crippen LogP contribution in [-0.2, 0) is 4.79 Å². The van der Waals surface area contributed by atoms with E-state index in [0.717, 1.165) is 5.69 Å². The molecular weight excluding hydrogens is 188 g/mol. The molecule has 1 saturated carbocycles. The molecule has 78 valence electrons. The van der Waals surface area contributed by atoms with Crippen LogP contribution in [0.1, 0.15) is 19.8 Å². The van der Waals surface area contributed by atoms with Gasteiger partial charge >= 0.3 is 0 Å². The molecule has 15 heavy (non-hydrogen) atoms. The van der Waals surface area contributed by atoms with Gasteiger partial charge in [-0.15, -0.1) is 0 Å². The number of carbonyl (C=O) groups is 1. The lowest BCUT2D eigenvalue weighted by Crippen LogP contribution is -2.09. The zero-order valence-corrected chi connectivity index (χ0v) is 8.73. The van der Waals surface area contributed by atoms with Crippen molar-refractivity contribution in [1.29, 1.82) is 0 Å². The molecule has 1 fully saturated rings. The van der Waals surface area contributed by atoms with Crippen LogP contribution >= 0.6 is 0 Å². The molecule has 3 heteroatoms. The standard InChI is InChI=1S/C12H14N2O/c1-9(10-4-5-10)7-12(15)14-11-3-2-6-13-8-11/h2-3,6-8,10H,4-5H2,1H3,(H,14,15)/b9-7+. The number of nitrogens with one attached hydrogen (secondary N) is 1. The summed E-state index contributed by atoms with van der Waals surface area (Å²) in [5.74, 6) is 0.581. The molecule has 0 saturated heterocycles. The van der Waals surface area contributed by atoms with Crippen LogP contribution in [0.2, 0.25) is 0 Å². The quantitative estimate of drug-likeness (QED) is 0.764. The highest BCUT2D eigenvalue weighted by atomic mass is 16.1. The summed E-state index contributed by atoms with van der Waals surface area (Å²) >= 11 is 0. The van der Waals surface area contributed by atoms with Crippen molar-refractivity contribution in [3.63, 3.8) is 0 Å². The van der Waals surface area contributed by atoms with Crippen molar-refractivity contribution in [2.45, 2.75) is 19.8 Å². The number of pyridine rings is 1. The maximum absolute atomic E-state index is 11.5. The Kier molecular flexibility index (Phi) is 2.81. The van der Waals surface area contributed by atoms with Crippen molar-refractivity contribution in [3.05, 3.63) is 36.2 Å². The van der Waals surface area contributed by atoms with Gasteiger partial charge in [0.15, 0.2) is 0 Å². The zero-order valence-electron chi connectivity index (χ0n) is 8.73. The van der Waals surface area contributed by atoms with Crippen molar-refractivity contribution in [1.82, 2.24) is 4.98 Å². The summed E-state index contributed by atoms with van der Waals surface area (Å²) in [6.07, 6.45) is 7.45. The van der Waals surface area contributed by atoms with E-state index < -0.39 is 0 Å². The minimum absolute atomic E-state index is 0.0626. The molecule has 1 aliphatic rings.